The van der Waals surface area contributed by atoms with Crippen molar-refractivity contribution in [3.63, 3.8) is 0 Å². The number of amides is 2. The van der Waals surface area contributed by atoms with Crippen molar-refractivity contribution in [2.24, 2.45) is 0 Å². The Labute approximate surface area is 157 Å². The van der Waals surface area contributed by atoms with Crippen LogP contribution in [-0.4, -0.2) is 24.9 Å². The minimum absolute atomic E-state index is 0.110. The van der Waals surface area contributed by atoms with Gasteiger partial charge < -0.3 is 10.6 Å². The Bertz CT molecular complexity index is 985. The summed E-state index contributed by atoms with van der Waals surface area (Å²) < 4.78 is 13.5. The smallest absolute Gasteiger partial charge is 0.251 e. The van der Waals surface area contributed by atoms with Crippen LogP contribution < -0.4 is 10.6 Å². The van der Waals surface area contributed by atoms with Crippen LogP contribution in [0, 0.1) is 12.7 Å². The van der Waals surface area contributed by atoms with Crippen molar-refractivity contribution >= 4 is 22.6 Å². The first kappa shape index (κ1) is 18.6. The van der Waals surface area contributed by atoms with E-state index in [-0.39, 0.29) is 30.3 Å². The van der Waals surface area contributed by atoms with Crippen LogP contribution in [-0.2, 0) is 11.2 Å². The Morgan fingerprint density at radius 3 is 2.41 bits per heavy atom. The zero-order valence-electron chi connectivity index (χ0n) is 15.1. The van der Waals surface area contributed by atoms with Crippen LogP contribution in [0.3, 0.4) is 0 Å². The SMILES string of the molecule is Cc1ccc(C(=O)NCCNC(=O)Cc2ccc3ccccc3c2)cc1F. The molecule has 0 fully saturated rings. The first-order chi connectivity index (χ1) is 13.0. The van der Waals surface area contributed by atoms with Gasteiger partial charge in [-0.15, -0.1) is 0 Å². The minimum Gasteiger partial charge on any atom is -0.354 e. The van der Waals surface area contributed by atoms with Gasteiger partial charge in [-0.1, -0.05) is 48.5 Å². The number of hydrogen-bond donors (Lipinski definition) is 2. The Balaban J connectivity index is 1.44. The minimum atomic E-state index is -0.411. The van der Waals surface area contributed by atoms with Crippen LogP contribution >= 0.6 is 0 Å². The maximum absolute atomic E-state index is 13.5. The predicted octanol–water partition coefficient (Wildman–Crippen LogP) is 3.38. The lowest BCUT2D eigenvalue weighted by atomic mass is 10.1. The zero-order chi connectivity index (χ0) is 19.2. The van der Waals surface area contributed by atoms with E-state index in [2.05, 4.69) is 10.6 Å². The van der Waals surface area contributed by atoms with Crippen molar-refractivity contribution in [3.05, 3.63) is 83.2 Å². The lowest BCUT2D eigenvalue weighted by Gasteiger charge is -2.08. The van der Waals surface area contributed by atoms with Crippen molar-refractivity contribution in [2.75, 3.05) is 13.1 Å². The molecule has 0 aromatic heterocycles. The molecule has 0 aliphatic rings. The molecule has 3 rings (SSSR count). The highest BCUT2D eigenvalue weighted by atomic mass is 19.1. The highest BCUT2D eigenvalue weighted by molar-refractivity contribution is 5.94. The average Bonchev–Trinajstić information content (AvgIpc) is 2.67. The molecule has 0 spiro atoms. The molecule has 5 heteroatoms. The first-order valence-electron chi connectivity index (χ1n) is 8.81. The average molecular weight is 364 g/mol. The van der Waals surface area contributed by atoms with Crippen molar-refractivity contribution < 1.29 is 14.0 Å². The van der Waals surface area contributed by atoms with Crippen molar-refractivity contribution in [3.8, 4) is 0 Å². The second kappa shape index (κ2) is 8.45. The predicted molar refractivity (Wildman–Crippen MR) is 104 cm³/mol. The Kier molecular flexibility index (Phi) is 5.81. The van der Waals surface area contributed by atoms with Gasteiger partial charge in [0.1, 0.15) is 5.82 Å². The summed E-state index contributed by atoms with van der Waals surface area (Å²) in [5.41, 5.74) is 1.69. The van der Waals surface area contributed by atoms with E-state index in [9.17, 15) is 14.0 Å². The van der Waals surface area contributed by atoms with Crippen LogP contribution in [0.1, 0.15) is 21.5 Å². The molecule has 0 radical (unpaired) electrons. The summed E-state index contributed by atoms with van der Waals surface area (Å²) in [6, 6.07) is 18.3. The Morgan fingerprint density at radius 2 is 1.63 bits per heavy atom. The number of carbonyl (C=O) groups excluding carboxylic acids is 2. The van der Waals surface area contributed by atoms with E-state index in [1.54, 1.807) is 19.1 Å². The molecule has 4 nitrogen and oxygen atoms in total. The molecule has 0 heterocycles. The Morgan fingerprint density at radius 1 is 0.889 bits per heavy atom. The highest BCUT2D eigenvalue weighted by Gasteiger charge is 2.08. The Hall–Kier alpha value is -3.21. The lowest BCUT2D eigenvalue weighted by Crippen LogP contribution is -2.35. The van der Waals surface area contributed by atoms with E-state index < -0.39 is 5.82 Å². The van der Waals surface area contributed by atoms with Crippen LogP contribution in [0.15, 0.2) is 60.7 Å². The highest BCUT2D eigenvalue weighted by Crippen LogP contribution is 2.15. The number of fused-ring (bicyclic) bond motifs is 1. The van der Waals surface area contributed by atoms with Gasteiger partial charge in [0.15, 0.2) is 0 Å². The van der Waals surface area contributed by atoms with Gasteiger partial charge in [0.05, 0.1) is 6.42 Å². The van der Waals surface area contributed by atoms with Crippen molar-refractivity contribution in [1.29, 1.82) is 0 Å². The fourth-order valence-corrected chi connectivity index (χ4v) is 2.81. The van der Waals surface area contributed by atoms with E-state index in [1.165, 1.54) is 6.07 Å². The molecule has 0 atom stereocenters. The second-order valence-corrected chi connectivity index (χ2v) is 6.43. The van der Waals surface area contributed by atoms with E-state index in [0.717, 1.165) is 16.3 Å². The maximum Gasteiger partial charge on any atom is 0.251 e. The summed E-state index contributed by atoms with van der Waals surface area (Å²) in [5, 5.41) is 7.68. The third-order valence-corrected chi connectivity index (χ3v) is 4.35. The van der Waals surface area contributed by atoms with Crippen LogP contribution in [0.25, 0.3) is 10.8 Å². The lowest BCUT2D eigenvalue weighted by molar-refractivity contribution is -0.120. The maximum atomic E-state index is 13.5. The summed E-state index contributed by atoms with van der Waals surface area (Å²) in [6.07, 6.45) is 0.280. The number of benzene rings is 3. The summed E-state index contributed by atoms with van der Waals surface area (Å²) in [7, 11) is 0. The van der Waals surface area contributed by atoms with Crippen LogP contribution in [0.2, 0.25) is 0 Å². The van der Waals surface area contributed by atoms with Gasteiger partial charge in [-0.2, -0.15) is 0 Å². The van der Waals surface area contributed by atoms with Gasteiger partial charge in [-0.3, -0.25) is 9.59 Å². The summed E-state index contributed by atoms with van der Waals surface area (Å²) in [4.78, 5) is 24.0. The monoisotopic (exact) mass is 364 g/mol. The first-order valence-corrected chi connectivity index (χ1v) is 8.81. The number of hydrogen-bond acceptors (Lipinski definition) is 2. The van der Waals surface area contributed by atoms with Crippen LogP contribution in [0.5, 0.6) is 0 Å². The number of nitrogens with one attached hydrogen (secondary N) is 2. The van der Waals surface area contributed by atoms with E-state index >= 15 is 0 Å². The largest absolute Gasteiger partial charge is 0.354 e. The molecule has 0 saturated carbocycles. The normalized spacial score (nSPS) is 10.6. The molecule has 3 aromatic carbocycles. The molecule has 0 aliphatic heterocycles. The molecule has 138 valence electrons. The number of halogens is 1. The van der Waals surface area contributed by atoms with Gasteiger partial charge in [0.25, 0.3) is 5.91 Å². The van der Waals surface area contributed by atoms with Crippen molar-refractivity contribution in [1.82, 2.24) is 10.6 Å². The zero-order valence-corrected chi connectivity index (χ0v) is 15.1. The molecular weight excluding hydrogens is 343 g/mol. The standard InChI is InChI=1S/C22H21FN2O2/c1-15-6-8-19(14-20(15)23)22(27)25-11-10-24-21(26)13-16-7-9-17-4-2-3-5-18(17)12-16/h2-9,12,14H,10-11,13H2,1H3,(H,24,26)(H,25,27). The van der Waals surface area contributed by atoms with E-state index in [4.69, 9.17) is 0 Å². The second-order valence-electron chi connectivity index (χ2n) is 6.43. The summed E-state index contributed by atoms with van der Waals surface area (Å²) in [6.45, 7) is 2.23. The molecule has 3 aromatic rings. The summed E-state index contributed by atoms with van der Waals surface area (Å²) >= 11 is 0. The van der Waals surface area contributed by atoms with Gasteiger partial charge in [-0.05, 0) is 41.0 Å². The third kappa shape index (κ3) is 4.91. The number of carbonyl (C=O) groups is 2. The van der Waals surface area contributed by atoms with Gasteiger partial charge in [0, 0.05) is 18.7 Å². The third-order valence-electron chi connectivity index (χ3n) is 4.35. The molecule has 27 heavy (non-hydrogen) atoms. The van der Waals surface area contributed by atoms with Gasteiger partial charge in [0.2, 0.25) is 5.91 Å². The van der Waals surface area contributed by atoms with Gasteiger partial charge >= 0.3 is 0 Å². The van der Waals surface area contributed by atoms with E-state index in [1.807, 2.05) is 42.5 Å². The topological polar surface area (TPSA) is 58.2 Å². The summed E-state index contributed by atoms with van der Waals surface area (Å²) in [5.74, 6) is -0.884. The van der Waals surface area contributed by atoms with E-state index in [0.29, 0.717) is 12.1 Å². The van der Waals surface area contributed by atoms with Gasteiger partial charge in [-0.25, -0.2) is 4.39 Å². The molecule has 0 bridgehead atoms. The number of aryl methyl sites for hydroxylation is 1. The molecular formula is C22H21FN2O2. The molecule has 0 unspecified atom stereocenters. The number of rotatable bonds is 6. The fraction of sp³-hybridized carbons (Fsp3) is 0.182. The molecule has 2 N–H and O–H groups in total. The molecule has 2 amide bonds. The molecule has 0 aliphatic carbocycles. The van der Waals surface area contributed by atoms with Crippen LogP contribution in [0.4, 0.5) is 4.39 Å². The van der Waals surface area contributed by atoms with Crippen molar-refractivity contribution in [2.45, 2.75) is 13.3 Å². The fourth-order valence-electron chi connectivity index (χ4n) is 2.81. The molecule has 0 saturated heterocycles. The quantitative estimate of drug-likeness (QED) is 0.659.